The Kier molecular flexibility index (Phi) is 4.51. The first-order valence-electron chi connectivity index (χ1n) is 9.50. The van der Waals surface area contributed by atoms with E-state index in [0.29, 0.717) is 52.1 Å². The number of halogens is 3. The minimum Gasteiger partial charge on any atom is -0.234 e. The van der Waals surface area contributed by atoms with Crippen LogP contribution in [0.1, 0.15) is 35.8 Å². The molecule has 0 spiro atoms. The van der Waals surface area contributed by atoms with Crippen LogP contribution in [0.25, 0.3) is 26.1 Å². The van der Waals surface area contributed by atoms with Gasteiger partial charge in [0.15, 0.2) is 11.5 Å². The molecule has 0 amide bonds. The van der Waals surface area contributed by atoms with Crippen molar-refractivity contribution in [2.75, 3.05) is 19.3 Å². The number of fused-ring (bicyclic) bond motifs is 5. The van der Waals surface area contributed by atoms with Crippen molar-refractivity contribution in [3.8, 4) is 0 Å². The fourth-order valence-corrected chi connectivity index (χ4v) is 6.09. The van der Waals surface area contributed by atoms with E-state index in [-0.39, 0.29) is 10.7 Å². The Morgan fingerprint density at radius 2 is 2.03 bits per heavy atom. The largest absolute Gasteiger partial charge is 0.433 e. The van der Waals surface area contributed by atoms with Gasteiger partial charge in [-0.3, -0.25) is 0 Å². The summed E-state index contributed by atoms with van der Waals surface area (Å²) in [6, 6.07) is 1.03. The van der Waals surface area contributed by atoms with Gasteiger partial charge >= 0.3 is 6.18 Å². The Bertz CT molecular complexity index is 1440. The van der Waals surface area contributed by atoms with Gasteiger partial charge in [-0.2, -0.15) is 13.2 Å². The number of aromatic nitrogens is 5. The molecule has 1 aliphatic heterocycles. The highest BCUT2D eigenvalue weighted by Crippen LogP contribution is 2.39. The number of nitrogens with zero attached hydrogens (tertiary/aromatic N) is 6. The number of alkyl halides is 3. The third-order valence-electron chi connectivity index (χ3n) is 5.49. The fourth-order valence-electron chi connectivity index (χ4n) is 4.00. The van der Waals surface area contributed by atoms with Gasteiger partial charge in [0.2, 0.25) is 10.0 Å². The molecule has 5 heterocycles. The third kappa shape index (κ3) is 3.44. The van der Waals surface area contributed by atoms with Crippen molar-refractivity contribution >= 4 is 47.4 Å². The van der Waals surface area contributed by atoms with Gasteiger partial charge in [0.25, 0.3) is 0 Å². The number of pyridine rings is 1. The number of thiophene rings is 1. The minimum atomic E-state index is -4.54. The molecule has 0 unspecified atom stereocenters. The molecule has 4 aromatic rings. The van der Waals surface area contributed by atoms with Gasteiger partial charge in [-0.05, 0) is 31.4 Å². The van der Waals surface area contributed by atoms with Gasteiger partial charge in [-0.15, -0.1) is 16.4 Å². The lowest BCUT2D eigenvalue weighted by atomic mass is 9.99. The molecular weight excluding hydrogens is 453 g/mol. The molecule has 31 heavy (non-hydrogen) atoms. The lowest BCUT2D eigenvalue weighted by Gasteiger charge is -2.29. The zero-order chi connectivity index (χ0) is 22.1. The average molecular weight is 471 g/mol. The number of aryl methyl sites for hydroxylation is 1. The van der Waals surface area contributed by atoms with E-state index in [9.17, 15) is 21.6 Å². The molecule has 13 heteroatoms. The van der Waals surface area contributed by atoms with Crippen molar-refractivity contribution in [3.63, 3.8) is 0 Å². The Hall–Kier alpha value is -2.38. The van der Waals surface area contributed by atoms with Gasteiger partial charge in [-0.1, -0.05) is 0 Å². The summed E-state index contributed by atoms with van der Waals surface area (Å²) in [4.78, 5) is 13.1. The maximum Gasteiger partial charge on any atom is 0.433 e. The van der Waals surface area contributed by atoms with Gasteiger partial charge in [0.1, 0.15) is 21.6 Å². The van der Waals surface area contributed by atoms with Gasteiger partial charge in [-0.25, -0.2) is 32.2 Å². The predicted molar refractivity (Wildman–Crippen MR) is 110 cm³/mol. The van der Waals surface area contributed by atoms with E-state index in [2.05, 4.69) is 20.1 Å². The van der Waals surface area contributed by atoms with Crippen LogP contribution in [0.2, 0.25) is 0 Å². The second kappa shape index (κ2) is 6.81. The van der Waals surface area contributed by atoms with Crippen LogP contribution >= 0.6 is 11.3 Å². The van der Waals surface area contributed by atoms with Crippen molar-refractivity contribution in [2.24, 2.45) is 0 Å². The van der Waals surface area contributed by atoms with Crippen LogP contribution < -0.4 is 0 Å². The normalized spacial score (nSPS) is 19.1. The van der Waals surface area contributed by atoms with Crippen molar-refractivity contribution in [2.45, 2.75) is 31.9 Å². The highest BCUT2D eigenvalue weighted by Gasteiger charge is 2.34. The van der Waals surface area contributed by atoms with E-state index >= 15 is 0 Å². The molecule has 164 valence electrons. The first kappa shape index (κ1) is 20.5. The van der Waals surface area contributed by atoms with Crippen molar-refractivity contribution in [3.05, 3.63) is 29.5 Å². The fraction of sp³-hybridized carbons (Fsp3) is 0.444. The van der Waals surface area contributed by atoms with Gasteiger partial charge < -0.3 is 0 Å². The maximum atomic E-state index is 13.2. The summed E-state index contributed by atoms with van der Waals surface area (Å²) >= 11 is 1.10. The molecule has 8 nitrogen and oxygen atoms in total. The summed E-state index contributed by atoms with van der Waals surface area (Å²) in [5, 5.41) is 5.05. The second-order valence-corrected chi connectivity index (χ2v) is 10.7. The molecule has 0 aliphatic carbocycles. The summed E-state index contributed by atoms with van der Waals surface area (Å²) < 4.78 is 66.9. The Morgan fingerprint density at radius 3 is 2.74 bits per heavy atom. The van der Waals surface area contributed by atoms with E-state index in [4.69, 9.17) is 0 Å². The van der Waals surface area contributed by atoms with E-state index in [0.717, 1.165) is 23.8 Å². The van der Waals surface area contributed by atoms with Gasteiger partial charge in [0, 0.05) is 24.4 Å². The molecule has 4 aromatic heterocycles. The number of sulfonamides is 1. The summed E-state index contributed by atoms with van der Waals surface area (Å²) in [7, 11) is -3.31. The van der Waals surface area contributed by atoms with Crippen molar-refractivity contribution in [1.82, 2.24) is 28.9 Å². The SMILES string of the molecule is Cc1cc(C(F)(F)F)nc2sc3c(ncn4nc([C@H]5CCCN(S(C)(=O)=O)C5)nc34)c12. The monoisotopic (exact) mass is 470 g/mol. The molecule has 0 bridgehead atoms. The number of hydrogen-bond donors (Lipinski definition) is 0. The number of hydrogen-bond acceptors (Lipinski definition) is 7. The molecule has 1 aliphatic rings. The highest BCUT2D eigenvalue weighted by atomic mass is 32.2. The van der Waals surface area contributed by atoms with Crippen molar-refractivity contribution in [1.29, 1.82) is 0 Å². The molecule has 1 saturated heterocycles. The minimum absolute atomic E-state index is 0.163. The van der Waals surface area contributed by atoms with E-state index in [1.807, 2.05) is 0 Å². The Labute approximate surface area is 178 Å². The van der Waals surface area contributed by atoms with Crippen LogP contribution in [0.4, 0.5) is 13.2 Å². The van der Waals surface area contributed by atoms with Crippen molar-refractivity contribution < 1.29 is 21.6 Å². The highest BCUT2D eigenvalue weighted by molar-refractivity contribution is 7.88. The van der Waals surface area contributed by atoms with Gasteiger partial charge in [0.05, 0.1) is 11.8 Å². The predicted octanol–water partition coefficient (Wildman–Crippen LogP) is 3.35. The molecule has 0 radical (unpaired) electrons. The lowest BCUT2D eigenvalue weighted by molar-refractivity contribution is -0.141. The number of piperidine rings is 1. The van der Waals surface area contributed by atoms with Crippen LogP contribution in [0.5, 0.6) is 0 Å². The quantitative estimate of drug-likeness (QED) is 0.446. The van der Waals surface area contributed by atoms with E-state index in [1.54, 1.807) is 6.92 Å². The molecular formula is C18H17F3N6O2S2. The van der Waals surface area contributed by atoms with E-state index < -0.39 is 21.9 Å². The van der Waals surface area contributed by atoms with Crippen LogP contribution in [-0.4, -0.2) is 56.6 Å². The topological polar surface area (TPSA) is 93.4 Å². The first-order chi connectivity index (χ1) is 14.5. The molecule has 0 aromatic carbocycles. The smallest absolute Gasteiger partial charge is 0.234 e. The molecule has 1 fully saturated rings. The zero-order valence-electron chi connectivity index (χ0n) is 16.5. The molecule has 0 saturated carbocycles. The second-order valence-electron chi connectivity index (χ2n) is 7.73. The first-order valence-corrected chi connectivity index (χ1v) is 12.2. The van der Waals surface area contributed by atoms with E-state index in [1.165, 1.54) is 21.4 Å². The summed E-state index contributed by atoms with van der Waals surface area (Å²) in [6.45, 7) is 2.37. The average Bonchev–Trinajstić information content (AvgIpc) is 3.28. The molecule has 0 N–H and O–H groups in total. The third-order valence-corrected chi connectivity index (χ3v) is 7.83. The van der Waals surface area contributed by atoms with Crippen LogP contribution in [-0.2, 0) is 16.2 Å². The zero-order valence-corrected chi connectivity index (χ0v) is 18.1. The Morgan fingerprint density at radius 1 is 1.26 bits per heavy atom. The summed E-state index contributed by atoms with van der Waals surface area (Å²) in [5.41, 5.74) is 0.514. The van der Waals surface area contributed by atoms with Crippen LogP contribution in [0.3, 0.4) is 0 Å². The molecule has 1 atom stereocenters. The van der Waals surface area contributed by atoms with Crippen LogP contribution in [0, 0.1) is 6.92 Å². The van der Waals surface area contributed by atoms with Crippen LogP contribution in [0.15, 0.2) is 12.4 Å². The molecule has 5 rings (SSSR count). The summed E-state index contributed by atoms with van der Waals surface area (Å²) in [5.74, 6) is 0.338. The Balaban J connectivity index is 1.64. The number of rotatable bonds is 2. The standard InChI is InChI=1S/C18H17F3N6O2S2/c1-9-6-11(18(19,20)21)23-17-12(9)13-14(30-17)16-24-15(25-27(16)8-22-13)10-4-3-5-26(7-10)31(2,28)29/h6,8,10H,3-5,7H2,1-2H3/t10-/m0/s1. The summed E-state index contributed by atoms with van der Waals surface area (Å²) in [6.07, 6.45) is -0.419. The lowest BCUT2D eigenvalue weighted by Crippen LogP contribution is -2.38. The maximum absolute atomic E-state index is 13.2.